The van der Waals surface area contributed by atoms with Crippen LogP contribution in [0.3, 0.4) is 0 Å². The number of nitrogens with zero attached hydrogens (tertiary/aromatic N) is 4. The summed E-state index contributed by atoms with van der Waals surface area (Å²) in [5.74, 6) is 0.205. The van der Waals surface area contributed by atoms with Crippen LogP contribution < -0.4 is 10.6 Å². The number of carbonyl (C=O) groups excluding carboxylic acids is 2. The molecular weight excluding hydrogens is 396 g/mol. The molecule has 0 radical (unpaired) electrons. The van der Waals surface area contributed by atoms with Crippen LogP contribution in [0, 0.1) is 0 Å². The molecule has 2 aromatic carbocycles. The van der Waals surface area contributed by atoms with Crippen molar-refractivity contribution in [3.8, 4) is 11.4 Å². The number of aromatic nitrogens is 4. The summed E-state index contributed by atoms with van der Waals surface area (Å²) in [5.41, 5.74) is 1.97. The number of rotatable bonds is 6. The molecule has 2 aromatic heterocycles. The van der Waals surface area contributed by atoms with Crippen molar-refractivity contribution in [2.45, 2.75) is 6.92 Å². The van der Waals surface area contributed by atoms with E-state index in [9.17, 15) is 9.59 Å². The van der Waals surface area contributed by atoms with Gasteiger partial charge in [-0.05, 0) is 40.8 Å². The van der Waals surface area contributed by atoms with Crippen molar-refractivity contribution in [3.63, 3.8) is 0 Å². The highest BCUT2D eigenvalue weighted by atomic mass is 16.3. The molecule has 31 heavy (non-hydrogen) atoms. The van der Waals surface area contributed by atoms with E-state index in [1.165, 1.54) is 17.9 Å². The van der Waals surface area contributed by atoms with Gasteiger partial charge in [0.1, 0.15) is 11.5 Å². The van der Waals surface area contributed by atoms with E-state index in [2.05, 4.69) is 26.2 Å². The lowest BCUT2D eigenvalue weighted by atomic mass is 10.2. The van der Waals surface area contributed by atoms with Gasteiger partial charge in [0.05, 0.1) is 6.26 Å². The minimum atomic E-state index is -0.458. The molecule has 0 saturated carbocycles. The molecule has 0 aliphatic heterocycles. The fraction of sp³-hybridized carbons (Fsp3) is 0.0455. The average Bonchev–Trinajstić information content (AvgIpc) is 3.44. The summed E-state index contributed by atoms with van der Waals surface area (Å²) < 4.78 is 6.74. The molecule has 0 unspecified atom stereocenters. The summed E-state index contributed by atoms with van der Waals surface area (Å²) in [5, 5.41) is 17.3. The van der Waals surface area contributed by atoms with E-state index in [4.69, 9.17) is 4.42 Å². The molecule has 9 nitrogen and oxygen atoms in total. The van der Waals surface area contributed by atoms with Gasteiger partial charge in [0.15, 0.2) is 5.82 Å². The van der Waals surface area contributed by atoms with Gasteiger partial charge in [0.2, 0.25) is 5.91 Å². The highest BCUT2D eigenvalue weighted by Crippen LogP contribution is 2.22. The van der Waals surface area contributed by atoms with Crippen LogP contribution in [0.5, 0.6) is 0 Å². The van der Waals surface area contributed by atoms with Crippen molar-refractivity contribution in [2.24, 2.45) is 0 Å². The first-order chi connectivity index (χ1) is 15.1. The van der Waals surface area contributed by atoms with E-state index in [0.29, 0.717) is 23.0 Å². The lowest BCUT2D eigenvalue weighted by Gasteiger charge is -2.11. The third kappa shape index (κ3) is 4.73. The van der Waals surface area contributed by atoms with Crippen molar-refractivity contribution < 1.29 is 14.0 Å². The second-order valence-corrected chi connectivity index (χ2v) is 6.54. The maximum absolute atomic E-state index is 13.2. The third-order valence-electron chi connectivity index (χ3n) is 4.23. The normalized spacial score (nSPS) is 11.2. The Labute approximate surface area is 177 Å². The van der Waals surface area contributed by atoms with Gasteiger partial charge in [-0.3, -0.25) is 9.59 Å². The molecule has 9 heteroatoms. The van der Waals surface area contributed by atoms with Crippen molar-refractivity contribution in [1.29, 1.82) is 0 Å². The van der Waals surface area contributed by atoms with E-state index in [1.54, 1.807) is 42.5 Å². The summed E-state index contributed by atoms with van der Waals surface area (Å²) in [6.07, 6.45) is 3.06. The van der Waals surface area contributed by atoms with Crippen molar-refractivity contribution >= 4 is 35.0 Å². The topological polar surface area (TPSA) is 115 Å². The highest BCUT2D eigenvalue weighted by Gasteiger charge is 2.20. The summed E-state index contributed by atoms with van der Waals surface area (Å²) in [4.78, 5) is 24.5. The number of carbonyl (C=O) groups is 2. The van der Waals surface area contributed by atoms with Crippen LogP contribution in [0.4, 0.5) is 11.4 Å². The lowest BCUT2D eigenvalue weighted by Crippen LogP contribution is -2.19. The SMILES string of the molecule is CC(=O)Nc1cccc(NC(=O)/C(=C\c2ccco2)n2nnnc2-c2ccccc2)c1. The zero-order valence-electron chi connectivity index (χ0n) is 16.5. The van der Waals surface area contributed by atoms with E-state index < -0.39 is 5.91 Å². The van der Waals surface area contributed by atoms with Crippen LogP contribution in [-0.2, 0) is 9.59 Å². The largest absolute Gasteiger partial charge is 0.465 e. The Morgan fingerprint density at radius 2 is 1.74 bits per heavy atom. The fourth-order valence-corrected chi connectivity index (χ4v) is 2.92. The molecule has 4 aromatic rings. The lowest BCUT2D eigenvalue weighted by molar-refractivity contribution is -0.114. The number of amides is 2. The smallest absolute Gasteiger partial charge is 0.274 e. The standard InChI is InChI=1S/C22H18N6O3/c1-15(29)23-17-9-5-10-18(13-17)24-22(30)20(14-19-11-6-12-31-19)28-21(25-26-27-28)16-7-3-2-4-8-16/h2-14H,1H3,(H,23,29)(H,24,30)/b20-14+. The van der Waals surface area contributed by atoms with Crippen molar-refractivity contribution in [1.82, 2.24) is 20.2 Å². The van der Waals surface area contributed by atoms with Crippen LogP contribution in [0.1, 0.15) is 12.7 Å². The average molecular weight is 414 g/mol. The molecule has 0 atom stereocenters. The Bertz CT molecular complexity index is 1230. The van der Waals surface area contributed by atoms with Gasteiger partial charge in [-0.2, -0.15) is 4.68 Å². The minimum absolute atomic E-state index is 0.156. The molecule has 0 saturated heterocycles. The van der Waals surface area contributed by atoms with Gasteiger partial charge >= 0.3 is 0 Å². The number of anilines is 2. The van der Waals surface area contributed by atoms with Gasteiger partial charge in [-0.1, -0.05) is 36.4 Å². The first kappa shape index (κ1) is 19.8. The van der Waals surface area contributed by atoms with Gasteiger partial charge < -0.3 is 15.1 Å². The Balaban J connectivity index is 1.70. The fourth-order valence-electron chi connectivity index (χ4n) is 2.92. The zero-order valence-corrected chi connectivity index (χ0v) is 16.5. The van der Waals surface area contributed by atoms with Gasteiger partial charge in [-0.15, -0.1) is 5.10 Å². The Kier molecular flexibility index (Phi) is 5.66. The van der Waals surface area contributed by atoms with E-state index in [0.717, 1.165) is 5.56 Å². The van der Waals surface area contributed by atoms with E-state index in [1.807, 2.05) is 30.3 Å². The molecule has 0 fully saturated rings. The number of hydrogen-bond acceptors (Lipinski definition) is 6. The quantitative estimate of drug-likeness (QED) is 0.467. The predicted molar refractivity (Wildman–Crippen MR) is 116 cm³/mol. The maximum Gasteiger partial charge on any atom is 0.274 e. The maximum atomic E-state index is 13.2. The first-order valence-electron chi connectivity index (χ1n) is 9.38. The van der Waals surface area contributed by atoms with E-state index in [-0.39, 0.29) is 11.6 Å². The molecule has 0 spiro atoms. The van der Waals surface area contributed by atoms with Crippen molar-refractivity contribution in [3.05, 3.63) is 78.8 Å². The zero-order chi connectivity index (χ0) is 21.6. The third-order valence-corrected chi connectivity index (χ3v) is 4.23. The first-order valence-corrected chi connectivity index (χ1v) is 9.38. The molecular formula is C22H18N6O3. The van der Waals surface area contributed by atoms with Gasteiger partial charge in [0.25, 0.3) is 5.91 Å². The van der Waals surface area contributed by atoms with Crippen molar-refractivity contribution in [2.75, 3.05) is 10.6 Å². The highest BCUT2D eigenvalue weighted by molar-refractivity contribution is 6.24. The van der Waals surface area contributed by atoms with Crippen LogP contribution in [-0.4, -0.2) is 32.0 Å². The Morgan fingerprint density at radius 3 is 2.45 bits per heavy atom. The summed E-state index contributed by atoms with van der Waals surface area (Å²) in [6, 6.07) is 19.6. The van der Waals surface area contributed by atoms with Crippen LogP contribution in [0.2, 0.25) is 0 Å². The van der Waals surface area contributed by atoms with Crippen LogP contribution in [0.25, 0.3) is 23.2 Å². The molecule has 2 N–H and O–H groups in total. The molecule has 0 aliphatic carbocycles. The monoisotopic (exact) mass is 414 g/mol. The molecule has 2 amide bonds. The van der Waals surface area contributed by atoms with Gasteiger partial charge in [0, 0.05) is 29.9 Å². The van der Waals surface area contributed by atoms with Crippen LogP contribution >= 0.6 is 0 Å². The van der Waals surface area contributed by atoms with E-state index >= 15 is 0 Å². The number of benzene rings is 2. The second kappa shape index (κ2) is 8.87. The van der Waals surface area contributed by atoms with Crippen LogP contribution in [0.15, 0.2) is 77.4 Å². The number of nitrogens with one attached hydrogen (secondary N) is 2. The molecule has 154 valence electrons. The summed E-state index contributed by atoms with van der Waals surface area (Å²) in [6.45, 7) is 1.41. The number of furan rings is 1. The Morgan fingerprint density at radius 1 is 0.968 bits per heavy atom. The molecule has 4 rings (SSSR count). The number of tetrazole rings is 1. The Hall–Kier alpha value is -4.53. The summed E-state index contributed by atoms with van der Waals surface area (Å²) >= 11 is 0. The molecule has 0 aliphatic rings. The molecule has 0 bridgehead atoms. The second-order valence-electron chi connectivity index (χ2n) is 6.54. The summed E-state index contributed by atoms with van der Waals surface area (Å²) in [7, 11) is 0. The molecule has 2 heterocycles. The number of hydrogen-bond donors (Lipinski definition) is 2. The van der Waals surface area contributed by atoms with Gasteiger partial charge in [-0.25, -0.2) is 0 Å². The minimum Gasteiger partial charge on any atom is -0.465 e. The predicted octanol–water partition coefficient (Wildman–Crippen LogP) is 3.53.